The lowest BCUT2D eigenvalue weighted by atomic mass is 10.2. The Morgan fingerprint density at radius 2 is 2.00 bits per heavy atom. The first-order valence-electron chi connectivity index (χ1n) is 3.89. The molecule has 0 unspecified atom stereocenters. The molecule has 0 bridgehead atoms. The maximum atomic E-state index is 13.5. The molecule has 1 rings (SSSR count). The van der Waals surface area contributed by atoms with Crippen LogP contribution in [0.15, 0.2) is 6.07 Å². The Labute approximate surface area is 100 Å². The van der Waals surface area contributed by atoms with Gasteiger partial charge in [0.2, 0.25) is 9.05 Å². The van der Waals surface area contributed by atoms with Gasteiger partial charge in [0.15, 0.2) is 5.82 Å². The number of halogens is 4. The van der Waals surface area contributed by atoms with Crippen molar-refractivity contribution in [1.29, 1.82) is 0 Å². The molecule has 0 amide bonds. The average Bonchev–Trinajstić information content (AvgIpc) is 2.17. The number of benzene rings is 1. The summed E-state index contributed by atoms with van der Waals surface area (Å²) in [4.78, 5) is 0. The molecule has 1 aromatic rings. The lowest BCUT2D eigenvalue weighted by molar-refractivity contribution is 0.406. The summed E-state index contributed by atoms with van der Waals surface area (Å²) >= 11 is 5.49. The third-order valence-electron chi connectivity index (χ3n) is 1.76. The third-order valence-corrected chi connectivity index (χ3v) is 3.07. The Hall–Kier alpha value is -0.590. The molecule has 1 aromatic carbocycles. The van der Waals surface area contributed by atoms with Crippen molar-refractivity contribution < 1.29 is 21.9 Å². The topological polar surface area (TPSA) is 43.4 Å². The van der Waals surface area contributed by atoms with E-state index in [-0.39, 0.29) is 5.75 Å². The maximum Gasteiger partial charge on any atom is 0.236 e. The van der Waals surface area contributed by atoms with E-state index in [1.54, 1.807) is 0 Å². The van der Waals surface area contributed by atoms with Crippen LogP contribution in [0.5, 0.6) is 5.75 Å². The average molecular weight is 291 g/mol. The predicted molar refractivity (Wildman–Crippen MR) is 56.4 cm³/mol. The van der Waals surface area contributed by atoms with Crippen LogP contribution in [0.2, 0.25) is 5.02 Å². The Balaban J connectivity index is 3.37. The number of hydrogen-bond donors (Lipinski definition) is 0. The van der Waals surface area contributed by atoms with E-state index in [2.05, 4.69) is 4.74 Å². The monoisotopic (exact) mass is 290 g/mol. The largest absolute Gasteiger partial charge is 0.495 e. The first-order chi connectivity index (χ1) is 7.26. The number of rotatable bonds is 3. The summed E-state index contributed by atoms with van der Waals surface area (Å²) in [5, 5.41) is -0.487. The van der Waals surface area contributed by atoms with E-state index in [4.69, 9.17) is 22.3 Å². The highest BCUT2D eigenvalue weighted by molar-refractivity contribution is 8.13. The van der Waals surface area contributed by atoms with Crippen LogP contribution in [0.4, 0.5) is 8.78 Å². The van der Waals surface area contributed by atoms with Crippen molar-refractivity contribution in [2.45, 2.75) is 5.75 Å². The van der Waals surface area contributed by atoms with Gasteiger partial charge in [-0.05, 0) is 0 Å². The van der Waals surface area contributed by atoms with Crippen LogP contribution in [0, 0.1) is 11.6 Å². The first-order valence-corrected chi connectivity index (χ1v) is 6.74. The van der Waals surface area contributed by atoms with Crippen molar-refractivity contribution in [1.82, 2.24) is 0 Å². The summed E-state index contributed by atoms with van der Waals surface area (Å²) in [5.74, 6) is -3.46. The van der Waals surface area contributed by atoms with Crippen molar-refractivity contribution in [3.05, 3.63) is 28.3 Å². The lowest BCUT2D eigenvalue weighted by Crippen LogP contribution is -2.03. The highest BCUT2D eigenvalue weighted by atomic mass is 35.7. The van der Waals surface area contributed by atoms with Crippen LogP contribution in [0.3, 0.4) is 0 Å². The standard InChI is InChI=1S/C8H6Cl2F2O3S/c1-15-6-2-5(11)4(3-16(10,13)14)8(12)7(6)9/h2H,3H2,1H3. The zero-order valence-electron chi connectivity index (χ0n) is 7.93. The van der Waals surface area contributed by atoms with E-state index in [0.717, 1.165) is 6.07 Å². The molecule has 0 aromatic heterocycles. The molecule has 16 heavy (non-hydrogen) atoms. The van der Waals surface area contributed by atoms with Gasteiger partial charge in [-0.3, -0.25) is 0 Å². The van der Waals surface area contributed by atoms with Crippen LogP contribution in [-0.2, 0) is 14.8 Å². The molecule has 0 aliphatic heterocycles. The highest BCUT2D eigenvalue weighted by Gasteiger charge is 2.21. The molecule has 0 fully saturated rings. The normalized spacial score (nSPS) is 11.6. The molecular formula is C8H6Cl2F2O3S. The molecule has 0 atom stereocenters. The van der Waals surface area contributed by atoms with Gasteiger partial charge in [-0.2, -0.15) is 0 Å². The van der Waals surface area contributed by atoms with Gasteiger partial charge in [-0.25, -0.2) is 17.2 Å². The molecule has 0 saturated carbocycles. The van der Waals surface area contributed by atoms with Crippen molar-refractivity contribution in [2.75, 3.05) is 7.11 Å². The highest BCUT2D eigenvalue weighted by Crippen LogP contribution is 2.32. The van der Waals surface area contributed by atoms with Crippen LogP contribution in [0.1, 0.15) is 5.56 Å². The van der Waals surface area contributed by atoms with Gasteiger partial charge < -0.3 is 4.74 Å². The Morgan fingerprint density at radius 3 is 2.44 bits per heavy atom. The first kappa shape index (κ1) is 13.5. The second-order valence-corrected chi connectivity index (χ2v) is 6.01. The molecule has 8 heteroatoms. The molecule has 0 saturated heterocycles. The predicted octanol–water partition coefficient (Wildman–Crippen LogP) is 2.70. The van der Waals surface area contributed by atoms with E-state index in [0.29, 0.717) is 0 Å². The Kier molecular flexibility index (Phi) is 3.98. The van der Waals surface area contributed by atoms with Crippen molar-refractivity contribution >= 4 is 31.3 Å². The van der Waals surface area contributed by atoms with E-state index in [9.17, 15) is 17.2 Å². The van der Waals surface area contributed by atoms with E-state index >= 15 is 0 Å². The number of ether oxygens (including phenoxy) is 1. The third kappa shape index (κ3) is 2.96. The summed E-state index contributed by atoms with van der Waals surface area (Å²) in [6.45, 7) is 0. The fourth-order valence-corrected chi connectivity index (χ4v) is 2.25. The zero-order chi connectivity index (χ0) is 12.5. The molecule has 0 N–H and O–H groups in total. The molecule has 0 heterocycles. The number of methoxy groups -OCH3 is 1. The van der Waals surface area contributed by atoms with Gasteiger partial charge in [0.05, 0.1) is 12.9 Å². The minimum Gasteiger partial charge on any atom is -0.495 e. The van der Waals surface area contributed by atoms with Crippen LogP contribution >= 0.6 is 22.3 Å². The summed E-state index contributed by atoms with van der Waals surface area (Å²) < 4.78 is 52.8. The van der Waals surface area contributed by atoms with Gasteiger partial charge in [-0.15, -0.1) is 0 Å². The fourth-order valence-electron chi connectivity index (χ4n) is 1.06. The second-order valence-electron chi connectivity index (χ2n) is 2.85. The van der Waals surface area contributed by atoms with Crippen LogP contribution in [-0.4, -0.2) is 15.5 Å². The molecule has 3 nitrogen and oxygen atoms in total. The van der Waals surface area contributed by atoms with Gasteiger partial charge in [0.1, 0.15) is 16.6 Å². The van der Waals surface area contributed by atoms with Crippen LogP contribution < -0.4 is 4.74 Å². The van der Waals surface area contributed by atoms with E-state index < -0.39 is 37.0 Å². The fraction of sp³-hybridized carbons (Fsp3) is 0.250. The van der Waals surface area contributed by atoms with Crippen molar-refractivity contribution in [2.24, 2.45) is 0 Å². The Bertz CT molecular complexity index is 517. The summed E-state index contributed by atoms with van der Waals surface area (Å²) in [7, 11) is 2.02. The minimum atomic E-state index is -4.07. The molecule has 0 aliphatic carbocycles. The lowest BCUT2D eigenvalue weighted by Gasteiger charge is -2.08. The van der Waals surface area contributed by atoms with E-state index in [1.807, 2.05) is 0 Å². The van der Waals surface area contributed by atoms with Crippen LogP contribution in [0.25, 0.3) is 0 Å². The van der Waals surface area contributed by atoms with Gasteiger partial charge in [0, 0.05) is 22.3 Å². The molecular weight excluding hydrogens is 285 g/mol. The van der Waals surface area contributed by atoms with E-state index in [1.165, 1.54) is 7.11 Å². The second kappa shape index (κ2) is 4.73. The zero-order valence-corrected chi connectivity index (χ0v) is 10.3. The SMILES string of the molecule is COc1cc(F)c(CS(=O)(=O)Cl)c(F)c1Cl. The van der Waals surface area contributed by atoms with Gasteiger partial charge in [0.25, 0.3) is 0 Å². The van der Waals surface area contributed by atoms with Gasteiger partial charge in [-0.1, -0.05) is 11.6 Å². The summed E-state index contributed by atoms with van der Waals surface area (Å²) in [6.07, 6.45) is 0. The maximum absolute atomic E-state index is 13.5. The quantitative estimate of drug-likeness (QED) is 0.635. The molecule has 0 radical (unpaired) electrons. The molecule has 0 aliphatic rings. The molecule has 90 valence electrons. The number of hydrogen-bond acceptors (Lipinski definition) is 3. The van der Waals surface area contributed by atoms with Crippen molar-refractivity contribution in [3.8, 4) is 5.75 Å². The summed E-state index contributed by atoms with van der Waals surface area (Å²) in [5.41, 5.74) is -0.708. The summed E-state index contributed by atoms with van der Waals surface area (Å²) in [6, 6.07) is 0.794. The van der Waals surface area contributed by atoms with Gasteiger partial charge >= 0.3 is 0 Å². The van der Waals surface area contributed by atoms with Crippen molar-refractivity contribution in [3.63, 3.8) is 0 Å². The minimum absolute atomic E-state index is 0.215. The Morgan fingerprint density at radius 1 is 1.44 bits per heavy atom. The smallest absolute Gasteiger partial charge is 0.236 e. The molecule has 0 spiro atoms.